The lowest BCUT2D eigenvalue weighted by Crippen LogP contribution is -2.39. The molecular weight excluding hydrogens is 356 g/mol. The normalized spacial score (nSPS) is 18.3. The van der Waals surface area contributed by atoms with E-state index >= 15 is 0 Å². The lowest BCUT2D eigenvalue weighted by atomic mass is 10.1. The summed E-state index contributed by atoms with van der Waals surface area (Å²) in [6, 6.07) is 4.84. The largest absolute Gasteiger partial charge is 0.478 e. The van der Waals surface area contributed by atoms with Crippen LogP contribution in [0.3, 0.4) is 0 Å². The van der Waals surface area contributed by atoms with Gasteiger partial charge in [-0.3, -0.25) is 9.97 Å². The van der Waals surface area contributed by atoms with Gasteiger partial charge < -0.3 is 5.11 Å². The van der Waals surface area contributed by atoms with Crippen LogP contribution in [-0.2, 0) is 10.2 Å². The maximum atomic E-state index is 12.5. The summed E-state index contributed by atoms with van der Waals surface area (Å²) in [7, 11) is -0.465. The first kappa shape index (κ1) is 18.4. The van der Waals surface area contributed by atoms with E-state index in [2.05, 4.69) is 9.97 Å². The van der Waals surface area contributed by atoms with Gasteiger partial charge in [0.2, 0.25) is 0 Å². The second-order valence-electron chi connectivity index (χ2n) is 6.30. The highest BCUT2D eigenvalue weighted by molar-refractivity contribution is 7.86. The van der Waals surface area contributed by atoms with Crippen LogP contribution >= 0.6 is 0 Å². The Balaban J connectivity index is 1.88. The molecule has 0 bridgehead atoms. The van der Waals surface area contributed by atoms with Crippen molar-refractivity contribution in [3.8, 4) is 11.1 Å². The molecule has 1 saturated heterocycles. The fourth-order valence-electron chi connectivity index (χ4n) is 3.01. The first-order chi connectivity index (χ1) is 12.3. The zero-order chi connectivity index (χ0) is 18.9. The van der Waals surface area contributed by atoms with Gasteiger partial charge in [0.25, 0.3) is 10.2 Å². The van der Waals surface area contributed by atoms with Gasteiger partial charge in [0.15, 0.2) is 0 Å². The number of pyridine rings is 2. The molecule has 2 aromatic rings. The number of hydrogen-bond donors (Lipinski definition) is 1. The van der Waals surface area contributed by atoms with Crippen molar-refractivity contribution in [3.63, 3.8) is 0 Å². The molecule has 26 heavy (non-hydrogen) atoms. The van der Waals surface area contributed by atoms with Gasteiger partial charge >= 0.3 is 5.97 Å². The molecule has 0 unspecified atom stereocenters. The second-order valence-corrected chi connectivity index (χ2v) is 8.39. The van der Waals surface area contributed by atoms with Crippen LogP contribution in [0.15, 0.2) is 36.8 Å². The van der Waals surface area contributed by atoms with Crippen LogP contribution in [0.25, 0.3) is 11.1 Å². The molecule has 0 amide bonds. The summed E-state index contributed by atoms with van der Waals surface area (Å²) in [6.45, 7) is 0.471. The van der Waals surface area contributed by atoms with Crippen molar-refractivity contribution in [2.75, 3.05) is 20.6 Å². The summed E-state index contributed by atoms with van der Waals surface area (Å²) in [6.07, 6.45) is 5.98. The molecule has 0 aromatic carbocycles. The average Bonchev–Trinajstić information content (AvgIpc) is 3.12. The van der Waals surface area contributed by atoms with E-state index in [1.165, 1.54) is 35.0 Å². The van der Waals surface area contributed by atoms with Crippen molar-refractivity contribution in [3.05, 3.63) is 48.0 Å². The predicted molar refractivity (Wildman–Crippen MR) is 95.7 cm³/mol. The van der Waals surface area contributed by atoms with E-state index in [0.717, 1.165) is 18.4 Å². The molecule has 0 saturated carbocycles. The van der Waals surface area contributed by atoms with Gasteiger partial charge in [0.1, 0.15) is 0 Å². The van der Waals surface area contributed by atoms with Crippen molar-refractivity contribution in [2.45, 2.75) is 18.9 Å². The zero-order valence-electron chi connectivity index (χ0n) is 14.5. The number of aromatic nitrogens is 2. The lowest BCUT2D eigenvalue weighted by Gasteiger charge is -2.26. The molecule has 0 aliphatic carbocycles. The van der Waals surface area contributed by atoms with E-state index in [-0.39, 0.29) is 11.6 Å². The Hall–Kier alpha value is -2.36. The number of carbonyl (C=O) groups is 1. The summed E-state index contributed by atoms with van der Waals surface area (Å²) in [5.74, 6) is -1.04. The number of hydrogen-bond acceptors (Lipinski definition) is 5. The highest BCUT2D eigenvalue weighted by Gasteiger charge is 2.37. The third kappa shape index (κ3) is 3.46. The summed E-state index contributed by atoms with van der Waals surface area (Å²) >= 11 is 0. The smallest absolute Gasteiger partial charge is 0.337 e. The first-order valence-corrected chi connectivity index (χ1v) is 9.54. The summed E-state index contributed by atoms with van der Waals surface area (Å²) < 4.78 is 27.6. The molecule has 1 atom stereocenters. The number of nitrogens with zero attached hydrogens (tertiary/aromatic N) is 4. The lowest BCUT2D eigenvalue weighted by molar-refractivity contribution is 0.0696. The summed E-state index contributed by atoms with van der Waals surface area (Å²) in [4.78, 5) is 19.5. The van der Waals surface area contributed by atoms with Gasteiger partial charge in [-0.05, 0) is 25.0 Å². The van der Waals surface area contributed by atoms with E-state index in [0.29, 0.717) is 17.8 Å². The van der Waals surface area contributed by atoms with Gasteiger partial charge in [0.05, 0.1) is 17.3 Å². The molecule has 1 aliphatic heterocycles. The number of aromatic carboxylic acids is 1. The van der Waals surface area contributed by atoms with Crippen molar-refractivity contribution >= 4 is 16.2 Å². The van der Waals surface area contributed by atoms with Gasteiger partial charge in [-0.25, -0.2) is 4.79 Å². The van der Waals surface area contributed by atoms with Crippen LogP contribution in [0, 0.1) is 0 Å². The van der Waals surface area contributed by atoms with Crippen LogP contribution in [0.1, 0.15) is 34.9 Å². The molecule has 1 N–H and O–H groups in total. The van der Waals surface area contributed by atoms with E-state index < -0.39 is 16.2 Å². The second kappa shape index (κ2) is 7.10. The number of rotatable bonds is 5. The molecule has 0 radical (unpaired) electrons. The molecule has 2 aromatic heterocycles. The fraction of sp³-hybridized carbons (Fsp3) is 0.353. The molecule has 1 fully saturated rings. The Morgan fingerprint density at radius 1 is 1.23 bits per heavy atom. The standard InChI is InChI=1S/C17H20N4O4S/c1-20(2)26(24,25)21-7-3-4-16(21)15-6-5-12(11-19-15)13-8-14(17(22)23)10-18-9-13/h5-6,8-11,16H,3-4,7H2,1-2H3,(H,22,23)/t16-/m1/s1. The molecule has 8 nitrogen and oxygen atoms in total. The summed E-state index contributed by atoms with van der Waals surface area (Å²) in [5, 5.41) is 9.07. The van der Waals surface area contributed by atoms with E-state index in [1.807, 2.05) is 6.07 Å². The van der Waals surface area contributed by atoms with E-state index in [9.17, 15) is 13.2 Å². The molecule has 138 valence electrons. The third-order valence-corrected chi connectivity index (χ3v) is 6.36. The molecule has 1 aliphatic rings. The van der Waals surface area contributed by atoms with E-state index in [1.54, 1.807) is 18.5 Å². The Morgan fingerprint density at radius 3 is 2.62 bits per heavy atom. The third-order valence-electron chi connectivity index (χ3n) is 4.41. The first-order valence-electron chi connectivity index (χ1n) is 8.14. The van der Waals surface area contributed by atoms with Gasteiger partial charge in [-0.2, -0.15) is 17.0 Å². The number of carboxylic acid groups (broad SMARTS) is 1. The molecular formula is C17H20N4O4S. The van der Waals surface area contributed by atoms with Gasteiger partial charge in [0, 0.05) is 50.4 Å². The van der Waals surface area contributed by atoms with Crippen LogP contribution in [-0.4, -0.2) is 58.7 Å². The van der Waals surface area contributed by atoms with Gasteiger partial charge in [-0.15, -0.1) is 0 Å². The summed E-state index contributed by atoms with van der Waals surface area (Å²) in [5.41, 5.74) is 2.15. The minimum absolute atomic E-state index is 0.102. The SMILES string of the molecule is CN(C)S(=O)(=O)N1CCC[C@@H]1c1ccc(-c2cncc(C(=O)O)c2)cn1. The predicted octanol–water partition coefficient (Wildman–Crippen LogP) is 1.79. The Morgan fingerprint density at radius 2 is 2.00 bits per heavy atom. The minimum Gasteiger partial charge on any atom is -0.478 e. The highest BCUT2D eigenvalue weighted by atomic mass is 32.2. The highest BCUT2D eigenvalue weighted by Crippen LogP contribution is 2.34. The fourth-order valence-corrected chi connectivity index (χ4v) is 4.32. The topological polar surface area (TPSA) is 104 Å². The quantitative estimate of drug-likeness (QED) is 0.853. The van der Waals surface area contributed by atoms with Crippen LogP contribution in [0.4, 0.5) is 0 Å². The van der Waals surface area contributed by atoms with Crippen LogP contribution in [0.5, 0.6) is 0 Å². The average molecular weight is 376 g/mol. The Kier molecular flexibility index (Phi) is 5.03. The van der Waals surface area contributed by atoms with E-state index in [4.69, 9.17) is 5.11 Å². The van der Waals surface area contributed by atoms with Crippen molar-refractivity contribution in [1.82, 2.24) is 18.6 Å². The maximum absolute atomic E-state index is 12.5. The molecule has 3 rings (SSSR count). The number of carboxylic acids is 1. The van der Waals surface area contributed by atoms with Crippen molar-refractivity contribution < 1.29 is 18.3 Å². The molecule has 0 spiro atoms. The van der Waals surface area contributed by atoms with Crippen molar-refractivity contribution in [1.29, 1.82) is 0 Å². The van der Waals surface area contributed by atoms with Gasteiger partial charge in [-0.1, -0.05) is 6.07 Å². The Labute approximate surface area is 152 Å². The zero-order valence-corrected chi connectivity index (χ0v) is 15.3. The van der Waals surface area contributed by atoms with Crippen LogP contribution < -0.4 is 0 Å². The van der Waals surface area contributed by atoms with Crippen molar-refractivity contribution in [2.24, 2.45) is 0 Å². The van der Waals surface area contributed by atoms with Crippen LogP contribution in [0.2, 0.25) is 0 Å². The monoisotopic (exact) mass is 376 g/mol. The maximum Gasteiger partial charge on any atom is 0.337 e. The molecule has 9 heteroatoms. The molecule has 3 heterocycles. The Bertz CT molecular complexity index is 913. The minimum atomic E-state index is -3.50.